The van der Waals surface area contributed by atoms with Gasteiger partial charge < -0.3 is 10.1 Å². The molecule has 0 fully saturated rings. The third-order valence-electron chi connectivity index (χ3n) is 3.65. The molecular weight excluding hydrogens is 342 g/mol. The number of ether oxygens (including phenoxy) is 1. The van der Waals surface area contributed by atoms with Crippen LogP contribution in [0, 0.1) is 34.1 Å². The summed E-state index contributed by atoms with van der Waals surface area (Å²) < 4.78 is 4.90. The van der Waals surface area contributed by atoms with Crippen molar-refractivity contribution in [2.24, 2.45) is 0 Å². The van der Waals surface area contributed by atoms with Crippen molar-refractivity contribution in [3.8, 4) is 0 Å². The van der Waals surface area contributed by atoms with Crippen LogP contribution in [-0.4, -0.2) is 22.4 Å². The van der Waals surface area contributed by atoms with Gasteiger partial charge in [0.1, 0.15) is 5.69 Å². The van der Waals surface area contributed by atoms with E-state index in [0.717, 1.165) is 23.3 Å². The standard InChI is InChI=1S/C17H17N3O6/c1-4-26-17(21)13-8-12(19(22)23)9-15(20(24)25)16(13)18-14-6-5-10(2)7-11(14)3/h5-9,18H,4H2,1-3H3. The molecular formula is C17H17N3O6. The Hall–Kier alpha value is -3.49. The molecule has 0 heterocycles. The van der Waals surface area contributed by atoms with Crippen LogP contribution in [0.5, 0.6) is 0 Å². The second-order valence-corrected chi connectivity index (χ2v) is 5.57. The number of carbonyl (C=O) groups is 1. The molecule has 136 valence electrons. The van der Waals surface area contributed by atoms with Gasteiger partial charge in [-0.05, 0) is 32.4 Å². The van der Waals surface area contributed by atoms with E-state index in [4.69, 9.17) is 4.74 Å². The van der Waals surface area contributed by atoms with Crippen LogP contribution < -0.4 is 5.32 Å². The molecule has 0 spiro atoms. The minimum absolute atomic E-state index is 0.0261. The third kappa shape index (κ3) is 3.94. The minimum atomic E-state index is -0.883. The minimum Gasteiger partial charge on any atom is -0.462 e. The Labute approximate surface area is 148 Å². The summed E-state index contributed by atoms with van der Waals surface area (Å²) in [6.07, 6.45) is 0. The van der Waals surface area contributed by atoms with Crippen molar-refractivity contribution >= 4 is 28.7 Å². The highest BCUT2D eigenvalue weighted by Gasteiger charge is 2.28. The van der Waals surface area contributed by atoms with Crippen LogP contribution in [0.4, 0.5) is 22.7 Å². The smallest absolute Gasteiger partial charge is 0.340 e. The lowest BCUT2D eigenvalue weighted by Crippen LogP contribution is -2.11. The van der Waals surface area contributed by atoms with Crippen molar-refractivity contribution in [3.63, 3.8) is 0 Å². The fourth-order valence-electron chi connectivity index (χ4n) is 2.45. The first-order chi connectivity index (χ1) is 12.2. The number of rotatable bonds is 6. The van der Waals surface area contributed by atoms with Crippen LogP contribution in [0.15, 0.2) is 30.3 Å². The van der Waals surface area contributed by atoms with E-state index >= 15 is 0 Å². The number of carbonyl (C=O) groups excluding carboxylic acids is 1. The molecule has 0 bridgehead atoms. The van der Waals surface area contributed by atoms with Gasteiger partial charge in [-0.2, -0.15) is 0 Å². The number of aryl methyl sites for hydroxylation is 2. The number of benzene rings is 2. The Morgan fingerprint density at radius 1 is 1.12 bits per heavy atom. The van der Waals surface area contributed by atoms with Crippen molar-refractivity contribution < 1.29 is 19.4 Å². The molecule has 0 radical (unpaired) electrons. The molecule has 1 N–H and O–H groups in total. The largest absolute Gasteiger partial charge is 0.462 e. The lowest BCUT2D eigenvalue weighted by Gasteiger charge is -2.14. The lowest BCUT2D eigenvalue weighted by atomic mass is 10.1. The van der Waals surface area contributed by atoms with E-state index < -0.39 is 27.2 Å². The molecule has 0 atom stereocenters. The van der Waals surface area contributed by atoms with E-state index in [1.54, 1.807) is 26.0 Å². The van der Waals surface area contributed by atoms with Crippen molar-refractivity contribution in [2.75, 3.05) is 11.9 Å². The number of esters is 1. The first-order valence-electron chi connectivity index (χ1n) is 7.72. The van der Waals surface area contributed by atoms with Gasteiger partial charge in [-0.15, -0.1) is 0 Å². The third-order valence-corrected chi connectivity index (χ3v) is 3.65. The van der Waals surface area contributed by atoms with Crippen molar-refractivity contribution in [1.82, 2.24) is 0 Å². The van der Waals surface area contributed by atoms with E-state index in [1.165, 1.54) is 0 Å². The van der Waals surface area contributed by atoms with Gasteiger partial charge in [-0.3, -0.25) is 20.2 Å². The molecule has 0 aromatic heterocycles. The Kier molecular flexibility index (Phi) is 5.51. The van der Waals surface area contributed by atoms with Gasteiger partial charge in [-0.1, -0.05) is 17.7 Å². The topological polar surface area (TPSA) is 125 Å². The second kappa shape index (κ2) is 7.60. The average Bonchev–Trinajstić information content (AvgIpc) is 2.57. The summed E-state index contributed by atoms with van der Waals surface area (Å²) in [6, 6.07) is 7.16. The Bertz CT molecular complexity index is 894. The van der Waals surface area contributed by atoms with Crippen molar-refractivity contribution in [1.29, 1.82) is 0 Å². The number of nitro benzene ring substituents is 2. The quantitative estimate of drug-likeness (QED) is 0.469. The molecule has 0 aliphatic rings. The number of nitrogens with one attached hydrogen (secondary N) is 1. The van der Waals surface area contributed by atoms with Gasteiger partial charge in [0.05, 0.1) is 28.1 Å². The van der Waals surface area contributed by atoms with E-state index in [1.807, 2.05) is 13.0 Å². The zero-order valence-electron chi connectivity index (χ0n) is 14.4. The first kappa shape index (κ1) is 18.8. The van der Waals surface area contributed by atoms with Crippen LogP contribution >= 0.6 is 0 Å². The highest BCUT2D eigenvalue weighted by Crippen LogP contribution is 2.36. The SMILES string of the molecule is CCOC(=O)c1cc([N+](=O)[O-])cc([N+](=O)[O-])c1Nc1ccc(C)cc1C. The molecule has 2 aromatic rings. The monoisotopic (exact) mass is 359 g/mol. The van der Waals surface area contributed by atoms with Gasteiger partial charge in [-0.25, -0.2) is 4.79 Å². The summed E-state index contributed by atoms with van der Waals surface area (Å²) in [6.45, 7) is 5.30. The number of anilines is 2. The summed E-state index contributed by atoms with van der Waals surface area (Å²) in [4.78, 5) is 33.2. The van der Waals surface area contributed by atoms with E-state index in [9.17, 15) is 25.0 Å². The average molecular weight is 359 g/mol. The fraction of sp³-hybridized carbons (Fsp3) is 0.235. The molecule has 2 rings (SSSR count). The van der Waals surface area contributed by atoms with Gasteiger partial charge in [0.25, 0.3) is 11.4 Å². The summed E-state index contributed by atoms with van der Waals surface area (Å²) in [7, 11) is 0. The molecule has 9 nitrogen and oxygen atoms in total. The maximum atomic E-state index is 12.2. The number of hydrogen-bond acceptors (Lipinski definition) is 7. The number of nitro groups is 2. The Balaban J connectivity index is 2.68. The highest BCUT2D eigenvalue weighted by molar-refractivity contribution is 6.00. The summed E-state index contributed by atoms with van der Waals surface area (Å²) >= 11 is 0. The normalized spacial score (nSPS) is 10.3. The van der Waals surface area contributed by atoms with Gasteiger partial charge >= 0.3 is 5.97 Å². The summed E-state index contributed by atoms with van der Waals surface area (Å²) in [5, 5.41) is 25.4. The second-order valence-electron chi connectivity index (χ2n) is 5.57. The maximum Gasteiger partial charge on any atom is 0.340 e. The summed E-state index contributed by atoms with van der Waals surface area (Å²) in [5.41, 5.74) is 0.773. The van der Waals surface area contributed by atoms with Gasteiger partial charge in [0.15, 0.2) is 0 Å². The van der Waals surface area contributed by atoms with E-state index in [0.29, 0.717) is 5.69 Å². The zero-order chi connectivity index (χ0) is 19.4. The molecule has 0 saturated heterocycles. The lowest BCUT2D eigenvalue weighted by molar-refractivity contribution is -0.393. The molecule has 0 aliphatic heterocycles. The van der Waals surface area contributed by atoms with Gasteiger partial charge in [0, 0.05) is 11.8 Å². The summed E-state index contributed by atoms with van der Waals surface area (Å²) in [5.74, 6) is -0.883. The predicted molar refractivity (Wildman–Crippen MR) is 94.9 cm³/mol. The molecule has 0 unspecified atom stereocenters. The molecule has 2 aromatic carbocycles. The maximum absolute atomic E-state index is 12.2. The van der Waals surface area contributed by atoms with Crippen LogP contribution in [0.25, 0.3) is 0 Å². The molecule has 0 amide bonds. The number of hydrogen-bond donors (Lipinski definition) is 1. The highest BCUT2D eigenvalue weighted by atomic mass is 16.6. The predicted octanol–water partition coefficient (Wildman–Crippen LogP) is 4.04. The molecule has 26 heavy (non-hydrogen) atoms. The van der Waals surface area contributed by atoms with Crippen molar-refractivity contribution in [2.45, 2.75) is 20.8 Å². The Morgan fingerprint density at radius 3 is 2.35 bits per heavy atom. The first-order valence-corrected chi connectivity index (χ1v) is 7.72. The van der Waals surface area contributed by atoms with Crippen LogP contribution in [0.1, 0.15) is 28.4 Å². The van der Waals surface area contributed by atoms with Crippen LogP contribution in [0.3, 0.4) is 0 Å². The molecule has 0 saturated carbocycles. The zero-order valence-corrected chi connectivity index (χ0v) is 14.4. The molecule has 9 heteroatoms. The van der Waals surface area contributed by atoms with Gasteiger partial charge in [0.2, 0.25) is 0 Å². The molecule has 0 aliphatic carbocycles. The number of nitrogens with zero attached hydrogens (tertiary/aromatic N) is 2. The van der Waals surface area contributed by atoms with E-state index in [-0.39, 0.29) is 17.9 Å². The van der Waals surface area contributed by atoms with Crippen molar-refractivity contribution in [3.05, 3.63) is 67.3 Å². The van der Waals surface area contributed by atoms with Crippen LogP contribution in [0.2, 0.25) is 0 Å². The van der Waals surface area contributed by atoms with Crippen LogP contribution in [-0.2, 0) is 4.74 Å². The number of non-ortho nitro benzene ring substituents is 1. The Morgan fingerprint density at radius 2 is 1.81 bits per heavy atom. The van der Waals surface area contributed by atoms with E-state index in [2.05, 4.69) is 5.32 Å². The fourth-order valence-corrected chi connectivity index (χ4v) is 2.45.